The summed E-state index contributed by atoms with van der Waals surface area (Å²) in [4.78, 5) is 22.9. The number of carboxylic acids is 1. The van der Waals surface area contributed by atoms with Gasteiger partial charge in [-0.3, -0.25) is 4.79 Å². The lowest BCUT2D eigenvalue weighted by atomic mass is 9.86. The number of amides is 2. The third-order valence-electron chi connectivity index (χ3n) is 4.48. The van der Waals surface area contributed by atoms with Crippen LogP contribution in [0.3, 0.4) is 0 Å². The van der Waals surface area contributed by atoms with Gasteiger partial charge in [0.2, 0.25) is 0 Å². The Morgan fingerprint density at radius 3 is 2.68 bits per heavy atom. The average molecular weight is 348 g/mol. The van der Waals surface area contributed by atoms with Crippen LogP contribution in [0.2, 0.25) is 0 Å². The molecule has 1 fully saturated rings. The van der Waals surface area contributed by atoms with Gasteiger partial charge in [-0.25, -0.2) is 4.79 Å². The van der Waals surface area contributed by atoms with Crippen molar-refractivity contribution >= 4 is 12.0 Å². The molecule has 6 heteroatoms. The molecule has 0 unspecified atom stereocenters. The summed E-state index contributed by atoms with van der Waals surface area (Å²) in [5.74, 6) is -0.129. The van der Waals surface area contributed by atoms with Crippen molar-refractivity contribution in [2.24, 2.45) is 5.92 Å². The Morgan fingerprint density at radius 2 is 2.00 bits per heavy atom. The first-order chi connectivity index (χ1) is 12.1. The van der Waals surface area contributed by atoms with Gasteiger partial charge < -0.3 is 20.5 Å². The number of ether oxygens (including phenoxy) is 1. The molecule has 0 aliphatic heterocycles. The number of benzene rings is 1. The molecule has 0 bridgehead atoms. The fourth-order valence-corrected chi connectivity index (χ4v) is 3.05. The third-order valence-corrected chi connectivity index (χ3v) is 4.48. The number of carbonyl (C=O) groups is 2. The fourth-order valence-electron chi connectivity index (χ4n) is 3.05. The molecule has 1 aromatic carbocycles. The van der Waals surface area contributed by atoms with Crippen LogP contribution < -0.4 is 15.4 Å². The highest BCUT2D eigenvalue weighted by Gasteiger charge is 2.26. The zero-order valence-corrected chi connectivity index (χ0v) is 14.8. The van der Waals surface area contributed by atoms with Gasteiger partial charge in [0.05, 0.1) is 12.5 Å². The maximum atomic E-state index is 12.0. The van der Waals surface area contributed by atoms with Crippen LogP contribution in [0.4, 0.5) is 4.79 Å². The van der Waals surface area contributed by atoms with Crippen molar-refractivity contribution in [3.8, 4) is 5.75 Å². The molecule has 0 spiro atoms. The first-order valence-corrected chi connectivity index (χ1v) is 9.07. The monoisotopic (exact) mass is 348 g/mol. The molecule has 0 saturated heterocycles. The predicted molar refractivity (Wildman–Crippen MR) is 95.8 cm³/mol. The number of rotatable bonds is 8. The molecule has 1 saturated carbocycles. The minimum atomic E-state index is -0.729. The maximum absolute atomic E-state index is 12.0. The van der Waals surface area contributed by atoms with Crippen LogP contribution in [0.15, 0.2) is 24.3 Å². The molecule has 2 rings (SSSR count). The normalized spacial score (nSPS) is 19.9. The minimum absolute atomic E-state index is 0.0707. The third kappa shape index (κ3) is 6.64. The smallest absolute Gasteiger partial charge is 0.315 e. The van der Waals surface area contributed by atoms with E-state index in [2.05, 4.69) is 17.6 Å². The SMILES string of the molecule is CCCOc1cccc(CCNC(=O)NC2CCC(C(=O)O)CC2)c1. The van der Waals surface area contributed by atoms with Gasteiger partial charge in [0.25, 0.3) is 0 Å². The summed E-state index contributed by atoms with van der Waals surface area (Å²) in [5, 5.41) is 14.8. The first-order valence-electron chi connectivity index (χ1n) is 9.07. The Hall–Kier alpha value is -2.24. The number of nitrogens with one attached hydrogen (secondary N) is 2. The lowest BCUT2D eigenvalue weighted by Crippen LogP contribution is -2.44. The molecule has 6 nitrogen and oxygen atoms in total. The summed E-state index contributed by atoms with van der Waals surface area (Å²) in [6.07, 6.45) is 4.42. The molecule has 0 radical (unpaired) electrons. The van der Waals surface area contributed by atoms with Crippen molar-refractivity contribution in [2.45, 2.75) is 51.5 Å². The predicted octanol–water partition coefficient (Wildman–Crippen LogP) is 2.96. The van der Waals surface area contributed by atoms with E-state index in [4.69, 9.17) is 9.84 Å². The summed E-state index contributed by atoms with van der Waals surface area (Å²) in [6, 6.07) is 7.81. The van der Waals surface area contributed by atoms with Gasteiger partial charge in [0.15, 0.2) is 0 Å². The van der Waals surface area contributed by atoms with E-state index in [1.807, 2.05) is 24.3 Å². The van der Waals surface area contributed by atoms with Crippen LogP contribution in [-0.4, -0.2) is 36.3 Å². The standard InChI is InChI=1S/C19H28N2O4/c1-2-12-25-17-5-3-4-14(13-17)10-11-20-19(24)21-16-8-6-15(7-9-16)18(22)23/h3-5,13,15-16H,2,6-12H2,1H3,(H,22,23)(H2,20,21,24). The second-order valence-electron chi connectivity index (χ2n) is 6.53. The molecule has 1 aromatic rings. The second-order valence-corrected chi connectivity index (χ2v) is 6.53. The van der Waals surface area contributed by atoms with Crippen LogP contribution in [0.5, 0.6) is 5.75 Å². The van der Waals surface area contributed by atoms with E-state index in [9.17, 15) is 9.59 Å². The Labute approximate surface area is 149 Å². The van der Waals surface area contributed by atoms with Crippen LogP contribution >= 0.6 is 0 Å². The minimum Gasteiger partial charge on any atom is -0.494 e. The van der Waals surface area contributed by atoms with E-state index in [0.717, 1.165) is 37.0 Å². The van der Waals surface area contributed by atoms with Gasteiger partial charge in [0.1, 0.15) is 5.75 Å². The van der Waals surface area contributed by atoms with E-state index < -0.39 is 5.97 Å². The van der Waals surface area contributed by atoms with E-state index >= 15 is 0 Å². The van der Waals surface area contributed by atoms with Gasteiger partial charge >= 0.3 is 12.0 Å². The largest absolute Gasteiger partial charge is 0.494 e. The molecule has 1 aliphatic rings. The molecule has 0 heterocycles. The summed E-state index contributed by atoms with van der Waals surface area (Å²) < 4.78 is 5.61. The van der Waals surface area contributed by atoms with E-state index in [-0.39, 0.29) is 18.0 Å². The zero-order valence-electron chi connectivity index (χ0n) is 14.8. The number of aliphatic carboxylic acids is 1. The molecule has 138 valence electrons. The van der Waals surface area contributed by atoms with Crippen molar-refractivity contribution in [1.82, 2.24) is 10.6 Å². The average Bonchev–Trinajstić information content (AvgIpc) is 2.61. The van der Waals surface area contributed by atoms with Gasteiger partial charge in [-0.05, 0) is 56.2 Å². The van der Waals surface area contributed by atoms with E-state index in [0.29, 0.717) is 26.0 Å². The zero-order chi connectivity index (χ0) is 18.1. The summed E-state index contributed by atoms with van der Waals surface area (Å²) in [6.45, 7) is 3.32. The van der Waals surface area contributed by atoms with Gasteiger partial charge in [-0.2, -0.15) is 0 Å². The topological polar surface area (TPSA) is 87.7 Å². The van der Waals surface area contributed by atoms with Crippen molar-refractivity contribution in [1.29, 1.82) is 0 Å². The number of hydrogen-bond donors (Lipinski definition) is 3. The highest BCUT2D eigenvalue weighted by molar-refractivity contribution is 5.74. The van der Waals surface area contributed by atoms with Crippen LogP contribution in [0.1, 0.15) is 44.6 Å². The molecular formula is C19H28N2O4. The van der Waals surface area contributed by atoms with Gasteiger partial charge in [0, 0.05) is 12.6 Å². The molecule has 3 N–H and O–H groups in total. The van der Waals surface area contributed by atoms with Gasteiger partial charge in [-0.1, -0.05) is 19.1 Å². The summed E-state index contributed by atoms with van der Waals surface area (Å²) in [5.41, 5.74) is 1.12. The van der Waals surface area contributed by atoms with Crippen LogP contribution in [0.25, 0.3) is 0 Å². The first kappa shape index (κ1) is 19.1. The molecular weight excluding hydrogens is 320 g/mol. The number of urea groups is 1. The lowest BCUT2D eigenvalue weighted by Gasteiger charge is -2.26. The summed E-state index contributed by atoms with van der Waals surface area (Å²) >= 11 is 0. The van der Waals surface area contributed by atoms with Crippen LogP contribution in [0, 0.1) is 5.92 Å². The van der Waals surface area contributed by atoms with Crippen molar-refractivity contribution < 1.29 is 19.4 Å². The van der Waals surface area contributed by atoms with E-state index in [1.165, 1.54) is 0 Å². The highest BCUT2D eigenvalue weighted by atomic mass is 16.5. The highest BCUT2D eigenvalue weighted by Crippen LogP contribution is 2.24. The molecule has 0 atom stereocenters. The molecule has 0 aromatic heterocycles. The maximum Gasteiger partial charge on any atom is 0.315 e. The van der Waals surface area contributed by atoms with Gasteiger partial charge in [-0.15, -0.1) is 0 Å². The molecule has 1 aliphatic carbocycles. The quantitative estimate of drug-likeness (QED) is 0.674. The Balaban J connectivity index is 1.66. The van der Waals surface area contributed by atoms with Crippen molar-refractivity contribution in [3.05, 3.63) is 29.8 Å². The Kier molecular flexibility index (Phi) is 7.57. The second kappa shape index (κ2) is 9.91. The number of carboxylic acid groups (broad SMARTS) is 1. The van der Waals surface area contributed by atoms with Crippen molar-refractivity contribution in [2.75, 3.05) is 13.2 Å². The Morgan fingerprint density at radius 1 is 1.24 bits per heavy atom. The van der Waals surface area contributed by atoms with Crippen LogP contribution in [-0.2, 0) is 11.2 Å². The fraction of sp³-hybridized carbons (Fsp3) is 0.579. The lowest BCUT2D eigenvalue weighted by molar-refractivity contribution is -0.142. The number of hydrogen-bond acceptors (Lipinski definition) is 3. The Bertz CT molecular complexity index is 568. The molecule has 2 amide bonds. The van der Waals surface area contributed by atoms with E-state index in [1.54, 1.807) is 0 Å². The number of carbonyl (C=O) groups excluding carboxylic acids is 1. The van der Waals surface area contributed by atoms with Crippen molar-refractivity contribution in [3.63, 3.8) is 0 Å². The summed E-state index contributed by atoms with van der Waals surface area (Å²) in [7, 11) is 0. The molecule has 25 heavy (non-hydrogen) atoms.